The van der Waals surface area contributed by atoms with E-state index in [4.69, 9.17) is 5.73 Å². The number of nitrogens with zero attached hydrogens (tertiary/aromatic N) is 2. The van der Waals surface area contributed by atoms with Crippen molar-refractivity contribution >= 4 is 11.7 Å². The zero-order valence-corrected chi connectivity index (χ0v) is 10.8. The third-order valence-corrected chi connectivity index (χ3v) is 2.76. The minimum Gasteiger partial charge on any atom is -0.320 e. The Kier molecular flexibility index (Phi) is 4.25. The van der Waals surface area contributed by atoms with Crippen LogP contribution in [0.4, 0.5) is 5.82 Å². The fourth-order valence-electron chi connectivity index (χ4n) is 1.73. The van der Waals surface area contributed by atoms with Crippen molar-refractivity contribution in [3.8, 4) is 11.3 Å². The Bertz CT molecular complexity index is 537. The van der Waals surface area contributed by atoms with Crippen LogP contribution in [0.25, 0.3) is 11.3 Å². The Morgan fingerprint density at radius 1 is 1.47 bits per heavy atom. The summed E-state index contributed by atoms with van der Waals surface area (Å²) in [5, 5.41) is 9.60. The molecule has 2 rings (SSSR count). The molecule has 1 atom stereocenters. The lowest BCUT2D eigenvalue weighted by molar-refractivity contribution is -0.117. The van der Waals surface area contributed by atoms with Crippen LogP contribution in [0.15, 0.2) is 30.6 Å². The van der Waals surface area contributed by atoms with Crippen LogP contribution in [0.1, 0.15) is 19.8 Å². The summed E-state index contributed by atoms with van der Waals surface area (Å²) in [7, 11) is 0. The van der Waals surface area contributed by atoms with Gasteiger partial charge < -0.3 is 11.1 Å². The molecule has 2 aromatic heterocycles. The fourth-order valence-corrected chi connectivity index (χ4v) is 1.73. The number of hydrogen-bond donors (Lipinski definition) is 3. The van der Waals surface area contributed by atoms with Crippen molar-refractivity contribution < 1.29 is 4.79 Å². The van der Waals surface area contributed by atoms with Gasteiger partial charge in [-0.05, 0) is 18.6 Å². The van der Waals surface area contributed by atoms with Crippen molar-refractivity contribution in [3.05, 3.63) is 30.6 Å². The second-order valence-electron chi connectivity index (χ2n) is 4.29. The maximum atomic E-state index is 11.7. The summed E-state index contributed by atoms with van der Waals surface area (Å²) in [5.74, 6) is 0.262. The molecule has 2 aromatic rings. The third-order valence-electron chi connectivity index (χ3n) is 2.76. The number of carbonyl (C=O) groups is 1. The molecule has 0 radical (unpaired) electrons. The van der Waals surface area contributed by atoms with Crippen LogP contribution < -0.4 is 11.1 Å². The standard InChI is InChI=1S/C13H17N5O/c1-2-3-10(14)13(19)16-12-8-11(17-18-12)9-4-6-15-7-5-9/h4-8,10H,2-3,14H2,1H3,(H2,16,17,18,19). The van der Waals surface area contributed by atoms with Crippen molar-refractivity contribution in [1.29, 1.82) is 0 Å². The molecule has 6 nitrogen and oxygen atoms in total. The van der Waals surface area contributed by atoms with Gasteiger partial charge in [0, 0.05) is 24.0 Å². The van der Waals surface area contributed by atoms with Gasteiger partial charge in [-0.25, -0.2) is 0 Å². The molecular formula is C13H17N5O. The van der Waals surface area contributed by atoms with Gasteiger partial charge in [0.15, 0.2) is 5.82 Å². The summed E-state index contributed by atoms with van der Waals surface area (Å²) in [6, 6.07) is 5.00. The number of H-pyrrole nitrogens is 1. The van der Waals surface area contributed by atoms with Crippen molar-refractivity contribution in [3.63, 3.8) is 0 Å². The Balaban J connectivity index is 2.04. The molecule has 100 valence electrons. The normalized spacial score (nSPS) is 12.1. The number of amides is 1. The van der Waals surface area contributed by atoms with Crippen LogP contribution in [0.5, 0.6) is 0 Å². The molecule has 4 N–H and O–H groups in total. The molecule has 0 saturated carbocycles. The molecule has 1 unspecified atom stereocenters. The molecule has 19 heavy (non-hydrogen) atoms. The molecule has 6 heteroatoms. The minimum absolute atomic E-state index is 0.213. The Morgan fingerprint density at radius 2 is 2.21 bits per heavy atom. The molecule has 0 saturated heterocycles. The summed E-state index contributed by atoms with van der Waals surface area (Å²) >= 11 is 0. The van der Waals surface area contributed by atoms with E-state index in [1.165, 1.54) is 0 Å². The van der Waals surface area contributed by atoms with E-state index >= 15 is 0 Å². The quantitative estimate of drug-likeness (QED) is 0.758. The summed E-state index contributed by atoms with van der Waals surface area (Å²) in [5.41, 5.74) is 7.52. The van der Waals surface area contributed by atoms with Gasteiger partial charge in [-0.2, -0.15) is 5.10 Å². The molecule has 0 aliphatic rings. The Labute approximate surface area is 111 Å². The summed E-state index contributed by atoms with van der Waals surface area (Å²) in [6.07, 6.45) is 4.93. The molecule has 0 aromatic carbocycles. The summed E-state index contributed by atoms with van der Waals surface area (Å²) in [4.78, 5) is 15.7. The van der Waals surface area contributed by atoms with Gasteiger partial charge in [-0.15, -0.1) is 0 Å². The first-order chi connectivity index (χ1) is 9.20. The van der Waals surface area contributed by atoms with Crippen molar-refractivity contribution in [1.82, 2.24) is 15.2 Å². The molecule has 0 spiro atoms. The number of pyridine rings is 1. The molecule has 0 aliphatic heterocycles. The fraction of sp³-hybridized carbons (Fsp3) is 0.308. The smallest absolute Gasteiger partial charge is 0.242 e. The number of carbonyl (C=O) groups excluding carboxylic acids is 1. The highest BCUT2D eigenvalue weighted by molar-refractivity contribution is 5.94. The molecule has 0 bridgehead atoms. The van der Waals surface area contributed by atoms with E-state index in [-0.39, 0.29) is 5.91 Å². The van der Waals surface area contributed by atoms with Crippen LogP contribution in [0.3, 0.4) is 0 Å². The van der Waals surface area contributed by atoms with E-state index in [0.29, 0.717) is 12.2 Å². The second kappa shape index (κ2) is 6.10. The third kappa shape index (κ3) is 3.38. The molecular weight excluding hydrogens is 242 g/mol. The highest BCUT2D eigenvalue weighted by Crippen LogP contribution is 2.18. The number of hydrogen-bond acceptors (Lipinski definition) is 4. The van der Waals surface area contributed by atoms with Gasteiger partial charge in [-0.3, -0.25) is 14.9 Å². The van der Waals surface area contributed by atoms with Crippen LogP contribution in [0, 0.1) is 0 Å². The van der Waals surface area contributed by atoms with E-state index in [1.807, 2.05) is 19.1 Å². The predicted octanol–water partition coefficient (Wildman–Crippen LogP) is 1.54. The van der Waals surface area contributed by atoms with E-state index in [2.05, 4.69) is 20.5 Å². The molecule has 0 aliphatic carbocycles. The van der Waals surface area contributed by atoms with Gasteiger partial charge in [0.05, 0.1) is 11.7 Å². The molecule has 2 heterocycles. The highest BCUT2D eigenvalue weighted by Gasteiger charge is 2.14. The Morgan fingerprint density at radius 3 is 2.89 bits per heavy atom. The number of nitrogens with two attached hydrogens (primary N) is 1. The number of nitrogens with one attached hydrogen (secondary N) is 2. The summed E-state index contributed by atoms with van der Waals surface area (Å²) in [6.45, 7) is 1.99. The van der Waals surface area contributed by atoms with Gasteiger partial charge in [0.2, 0.25) is 5.91 Å². The SMILES string of the molecule is CCCC(N)C(=O)Nc1cc(-c2ccncc2)[nH]n1. The second-order valence-corrected chi connectivity index (χ2v) is 4.29. The van der Waals surface area contributed by atoms with Gasteiger partial charge in [-0.1, -0.05) is 13.3 Å². The average molecular weight is 259 g/mol. The minimum atomic E-state index is -0.494. The predicted molar refractivity (Wildman–Crippen MR) is 73.3 cm³/mol. The number of aromatic amines is 1. The zero-order valence-electron chi connectivity index (χ0n) is 10.8. The average Bonchev–Trinajstić information content (AvgIpc) is 2.88. The van der Waals surface area contributed by atoms with Gasteiger partial charge in [0.1, 0.15) is 0 Å². The monoisotopic (exact) mass is 259 g/mol. The lowest BCUT2D eigenvalue weighted by Gasteiger charge is -2.08. The van der Waals surface area contributed by atoms with E-state index < -0.39 is 6.04 Å². The first kappa shape index (κ1) is 13.2. The summed E-state index contributed by atoms with van der Waals surface area (Å²) < 4.78 is 0. The topological polar surface area (TPSA) is 96.7 Å². The van der Waals surface area contributed by atoms with E-state index in [0.717, 1.165) is 17.7 Å². The molecule has 0 fully saturated rings. The van der Waals surface area contributed by atoms with Crippen LogP contribution in [-0.4, -0.2) is 27.1 Å². The van der Waals surface area contributed by atoms with Crippen LogP contribution in [-0.2, 0) is 4.79 Å². The lowest BCUT2D eigenvalue weighted by atomic mass is 10.1. The first-order valence-electron chi connectivity index (χ1n) is 6.23. The van der Waals surface area contributed by atoms with E-state index in [1.54, 1.807) is 18.5 Å². The number of aromatic nitrogens is 3. The Hall–Kier alpha value is -2.21. The lowest BCUT2D eigenvalue weighted by Crippen LogP contribution is -2.35. The number of anilines is 1. The van der Waals surface area contributed by atoms with Crippen LogP contribution >= 0.6 is 0 Å². The van der Waals surface area contributed by atoms with Gasteiger partial charge >= 0.3 is 0 Å². The van der Waals surface area contributed by atoms with Gasteiger partial charge in [0.25, 0.3) is 0 Å². The largest absolute Gasteiger partial charge is 0.320 e. The highest BCUT2D eigenvalue weighted by atomic mass is 16.2. The maximum absolute atomic E-state index is 11.7. The van der Waals surface area contributed by atoms with Crippen molar-refractivity contribution in [2.24, 2.45) is 5.73 Å². The number of rotatable bonds is 5. The van der Waals surface area contributed by atoms with Crippen molar-refractivity contribution in [2.45, 2.75) is 25.8 Å². The van der Waals surface area contributed by atoms with Crippen LogP contribution in [0.2, 0.25) is 0 Å². The zero-order chi connectivity index (χ0) is 13.7. The maximum Gasteiger partial charge on any atom is 0.242 e. The molecule has 1 amide bonds. The first-order valence-corrected chi connectivity index (χ1v) is 6.23. The van der Waals surface area contributed by atoms with Crippen molar-refractivity contribution in [2.75, 3.05) is 5.32 Å². The van der Waals surface area contributed by atoms with E-state index in [9.17, 15) is 4.79 Å².